The summed E-state index contributed by atoms with van der Waals surface area (Å²) >= 11 is 0. The van der Waals surface area contributed by atoms with Gasteiger partial charge < -0.3 is 20.1 Å². The van der Waals surface area contributed by atoms with E-state index in [1.165, 1.54) is 0 Å². The first-order chi connectivity index (χ1) is 14.6. The highest BCUT2D eigenvalue weighted by Gasteiger charge is 2.25. The smallest absolute Gasteiger partial charge is 0.253 e. The molecule has 0 bridgehead atoms. The van der Waals surface area contributed by atoms with Gasteiger partial charge in [-0.2, -0.15) is 5.10 Å². The van der Waals surface area contributed by atoms with Crippen molar-refractivity contribution in [3.8, 4) is 17.2 Å². The fourth-order valence-corrected chi connectivity index (χ4v) is 3.58. The fourth-order valence-electron chi connectivity index (χ4n) is 3.58. The van der Waals surface area contributed by atoms with Gasteiger partial charge in [-0.1, -0.05) is 0 Å². The second kappa shape index (κ2) is 8.82. The van der Waals surface area contributed by atoms with Crippen LogP contribution in [0.2, 0.25) is 0 Å². The van der Waals surface area contributed by atoms with E-state index >= 15 is 0 Å². The van der Waals surface area contributed by atoms with Crippen molar-refractivity contribution < 1.29 is 14.3 Å². The number of nitrogens with zero attached hydrogens (tertiary/aromatic N) is 3. The van der Waals surface area contributed by atoms with E-state index in [1.54, 1.807) is 25.3 Å². The van der Waals surface area contributed by atoms with E-state index in [2.05, 4.69) is 10.2 Å². The molecule has 1 fully saturated rings. The van der Waals surface area contributed by atoms with Gasteiger partial charge in [0.2, 0.25) is 0 Å². The molecule has 7 nitrogen and oxygen atoms in total. The van der Waals surface area contributed by atoms with Gasteiger partial charge in [0.1, 0.15) is 23.1 Å². The Morgan fingerprint density at radius 3 is 2.07 bits per heavy atom. The minimum atomic E-state index is 0.0350. The number of ether oxygens (including phenoxy) is 2. The number of carbonyl (C=O) groups excluding carboxylic acids is 1. The van der Waals surface area contributed by atoms with Crippen molar-refractivity contribution in [1.29, 1.82) is 0 Å². The third kappa shape index (κ3) is 4.51. The lowest BCUT2D eigenvalue weighted by Gasteiger charge is -2.31. The molecule has 0 spiro atoms. The van der Waals surface area contributed by atoms with E-state index < -0.39 is 0 Å². The fraction of sp³-hybridized carbons (Fsp3) is 0.261. The van der Waals surface area contributed by atoms with E-state index in [1.807, 2.05) is 47.4 Å². The normalized spacial score (nSPS) is 14.4. The molecule has 0 unspecified atom stereocenters. The van der Waals surface area contributed by atoms with Gasteiger partial charge in [0, 0.05) is 24.6 Å². The topological polar surface area (TPSA) is 90.6 Å². The van der Waals surface area contributed by atoms with Crippen LogP contribution in [0, 0.1) is 0 Å². The third-order valence-electron chi connectivity index (χ3n) is 5.30. The van der Waals surface area contributed by atoms with E-state index in [0.717, 1.165) is 24.3 Å². The van der Waals surface area contributed by atoms with E-state index in [-0.39, 0.29) is 5.91 Å². The van der Waals surface area contributed by atoms with Crippen LogP contribution in [0.15, 0.2) is 60.7 Å². The lowest BCUT2D eigenvalue weighted by molar-refractivity contribution is 0.0712. The summed E-state index contributed by atoms with van der Waals surface area (Å²) in [4.78, 5) is 14.7. The Bertz CT molecular complexity index is 980. The average Bonchev–Trinajstić information content (AvgIpc) is 2.80. The zero-order chi connectivity index (χ0) is 20.9. The van der Waals surface area contributed by atoms with Crippen LogP contribution in [-0.4, -0.2) is 41.2 Å². The largest absolute Gasteiger partial charge is 0.497 e. The molecule has 2 N–H and O–H groups in total. The number of benzene rings is 2. The number of piperidine rings is 1. The Kier molecular flexibility index (Phi) is 5.79. The van der Waals surface area contributed by atoms with Crippen LogP contribution in [0.4, 0.5) is 5.82 Å². The molecule has 1 amide bonds. The summed E-state index contributed by atoms with van der Waals surface area (Å²) in [5.74, 6) is 2.93. The lowest BCUT2D eigenvalue weighted by atomic mass is 9.93. The number of aromatic nitrogens is 2. The molecule has 1 aliphatic heterocycles. The van der Waals surface area contributed by atoms with Crippen molar-refractivity contribution in [3.63, 3.8) is 0 Å². The third-order valence-corrected chi connectivity index (χ3v) is 5.30. The van der Waals surface area contributed by atoms with Gasteiger partial charge >= 0.3 is 0 Å². The highest BCUT2D eigenvalue weighted by atomic mass is 16.5. The summed E-state index contributed by atoms with van der Waals surface area (Å²) < 4.78 is 11.0. The number of nitrogens with two attached hydrogens (primary N) is 1. The molecule has 0 radical (unpaired) electrons. The molecular formula is C23H24N4O3. The van der Waals surface area contributed by atoms with Crippen LogP contribution < -0.4 is 15.2 Å². The number of methoxy groups -OCH3 is 1. The molecule has 1 saturated heterocycles. The van der Waals surface area contributed by atoms with Crippen molar-refractivity contribution >= 4 is 11.7 Å². The van der Waals surface area contributed by atoms with Crippen molar-refractivity contribution in [2.75, 3.05) is 25.9 Å². The lowest BCUT2D eigenvalue weighted by Crippen LogP contribution is -2.38. The zero-order valence-corrected chi connectivity index (χ0v) is 16.8. The molecule has 0 aliphatic carbocycles. The SMILES string of the molecule is COc1ccc(Oc2ccc(C(=O)N3CCC(c4ccc(N)nn4)CC3)cc2)cc1. The van der Waals surface area contributed by atoms with Crippen LogP contribution in [0.1, 0.15) is 34.8 Å². The first-order valence-electron chi connectivity index (χ1n) is 9.93. The molecule has 154 valence electrons. The maximum Gasteiger partial charge on any atom is 0.253 e. The molecule has 2 heterocycles. The van der Waals surface area contributed by atoms with Crippen LogP contribution in [0.3, 0.4) is 0 Å². The zero-order valence-electron chi connectivity index (χ0n) is 16.8. The van der Waals surface area contributed by atoms with E-state index in [0.29, 0.717) is 41.9 Å². The standard InChI is InChI=1S/C23H24N4O3/c1-29-18-6-8-20(9-7-18)30-19-4-2-17(3-5-19)23(28)27-14-12-16(13-15-27)21-10-11-22(24)26-25-21/h2-11,16H,12-15H2,1H3,(H2,24,26). The van der Waals surface area contributed by atoms with Crippen molar-refractivity contribution in [1.82, 2.24) is 15.1 Å². The molecule has 7 heteroatoms. The van der Waals surface area contributed by atoms with Gasteiger partial charge in [-0.3, -0.25) is 4.79 Å². The Morgan fingerprint density at radius 1 is 0.900 bits per heavy atom. The Morgan fingerprint density at radius 2 is 1.50 bits per heavy atom. The number of amides is 1. The molecule has 3 aromatic rings. The summed E-state index contributed by atoms with van der Waals surface area (Å²) in [5, 5.41) is 8.12. The molecule has 0 atom stereocenters. The minimum absolute atomic E-state index is 0.0350. The quantitative estimate of drug-likeness (QED) is 0.694. The van der Waals surface area contributed by atoms with Gasteiger partial charge in [-0.15, -0.1) is 5.10 Å². The summed E-state index contributed by atoms with van der Waals surface area (Å²) in [5.41, 5.74) is 7.20. The molecular weight excluding hydrogens is 380 g/mol. The Labute approximate surface area is 175 Å². The first kappa shape index (κ1) is 19.7. The second-order valence-corrected chi connectivity index (χ2v) is 7.25. The van der Waals surface area contributed by atoms with Crippen LogP contribution in [0.25, 0.3) is 0 Å². The monoisotopic (exact) mass is 404 g/mol. The molecule has 4 rings (SSSR count). The molecule has 0 saturated carbocycles. The highest BCUT2D eigenvalue weighted by molar-refractivity contribution is 5.94. The number of hydrogen-bond donors (Lipinski definition) is 1. The molecule has 1 aliphatic rings. The van der Waals surface area contributed by atoms with Crippen LogP contribution in [-0.2, 0) is 0 Å². The summed E-state index contributed by atoms with van der Waals surface area (Å²) in [6.07, 6.45) is 1.73. The second-order valence-electron chi connectivity index (χ2n) is 7.25. The summed E-state index contributed by atoms with van der Waals surface area (Å²) in [6, 6.07) is 18.3. The predicted octanol–water partition coefficient (Wildman–Crippen LogP) is 3.88. The van der Waals surface area contributed by atoms with Gasteiger partial charge in [0.15, 0.2) is 0 Å². The maximum atomic E-state index is 12.9. The minimum Gasteiger partial charge on any atom is -0.497 e. The molecule has 1 aromatic heterocycles. The van der Waals surface area contributed by atoms with Crippen molar-refractivity contribution in [2.24, 2.45) is 0 Å². The number of carbonyl (C=O) groups is 1. The number of rotatable bonds is 5. The molecule has 2 aromatic carbocycles. The number of hydrogen-bond acceptors (Lipinski definition) is 6. The predicted molar refractivity (Wildman–Crippen MR) is 114 cm³/mol. The number of anilines is 1. The first-order valence-corrected chi connectivity index (χ1v) is 9.93. The van der Waals surface area contributed by atoms with Gasteiger partial charge in [0.05, 0.1) is 12.8 Å². The summed E-state index contributed by atoms with van der Waals surface area (Å²) in [7, 11) is 1.63. The van der Waals surface area contributed by atoms with Gasteiger partial charge in [0.25, 0.3) is 5.91 Å². The number of nitrogen functional groups attached to an aromatic ring is 1. The average molecular weight is 404 g/mol. The Balaban J connectivity index is 1.34. The van der Waals surface area contributed by atoms with Crippen LogP contribution >= 0.6 is 0 Å². The van der Waals surface area contributed by atoms with E-state index in [9.17, 15) is 4.79 Å². The van der Waals surface area contributed by atoms with Gasteiger partial charge in [-0.25, -0.2) is 0 Å². The summed E-state index contributed by atoms with van der Waals surface area (Å²) in [6.45, 7) is 1.39. The van der Waals surface area contributed by atoms with E-state index in [4.69, 9.17) is 15.2 Å². The van der Waals surface area contributed by atoms with Crippen molar-refractivity contribution in [3.05, 3.63) is 71.9 Å². The van der Waals surface area contributed by atoms with Crippen molar-refractivity contribution in [2.45, 2.75) is 18.8 Å². The maximum absolute atomic E-state index is 12.9. The highest BCUT2D eigenvalue weighted by Crippen LogP contribution is 2.28. The molecule has 30 heavy (non-hydrogen) atoms. The van der Waals surface area contributed by atoms with Gasteiger partial charge in [-0.05, 0) is 73.5 Å². The van der Waals surface area contributed by atoms with Crippen LogP contribution in [0.5, 0.6) is 17.2 Å². The number of likely N-dealkylation sites (tertiary alicyclic amines) is 1. The Hall–Kier alpha value is -3.61.